The topological polar surface area (TPSA) is 113 Å². The van der Waals surface area contributed by atoms with Gasteiger partial charge < -0.3 is 5.32 Å². The highest BCUT2D eigenvalue weighted by Gasteiger charge is 2.27. The van der Waals surface area contributed by atoms with Crippen LogP contribution >= 0.6 is 11.6 Å². The van der Waals surface area contributed by atoms with Gasteiger partial charge in [-0.1, -0.05) is 41.9 Å². The Labute approximate surface area is 239 Å². The maximum Gasteiger partial charge on any atom is 0.264 e. The van der Waals surface area contributed by atoms with Crippen molar-refractivity contribution in [3.63, 3.8) is 0 Å². The fraction of sp³-hybridized carbons (Fsp3) is 0.138. The van der Waals surface area contributed by atoms with Crippen molar-refractivity contribution in [3.05, 3.63) is 113 Å². The summed E-state index contributed by atoms with van der Waals surface area (Å²) in [6.07, 6.45) is 0. The lowest BCUT2D eigenvalue weighted by molar-refractivity contribution is -0.114. The van der Waals surface area contributed by atoms with Crippen LogP contribution in [-0.2, 0) is 24.8 Å². The smallest absolute Gasteiger partial charge is 0.264 e. The van der Waals surface area contributed by atoms with Crippen LogP contribution in [0.3, 0.4) is 0 Å². The number of rotatable bonds is 9. The van der Waals surface area contributed by atoms with E-state index in [-0.39, 0.29) is 9.79 Å². The first-order chi connectivity index (χ1) is 18.9. The van der Waals surface area contributed by atoms with Crippen LogP contribution in [0.4, 0.5) is 17.1 Å². The minimum absolute atomic E-state index is 0.0138. The van der Waals surface area contributed by atoms with E-state index in [0.29, 0.717) is 22.1 Å². The first-order valence-electron chi connectivity index (χ1n) is 12.2. The molecule has 1 amide bonds. The van der Waals surface area contributed by atoms with Gasteiger partial charge in [0.25, 0.3) is 20.0 Å². The molecule has 0 aliphatic rings. The zero-order chi connectivity index (χ0) is 29.1. The Morgan fingerprint density at radius 3 is 1.95 bits per heavy atom. The molecule has 0 unspecified atom stereocenters. The van der Waals surface area contributed by atoms with Crippen molar-refractivity contribution < 1.29 is 21.6 Å². The molecular weight excluding hydrogens is 570 g/mol. The van der Waals surface area contributed by atoms with Gasteiger partial charge in [0.05, 0.1) is 21.2 Å². The Morgan fingerprint density at radius 2 is 1.35 bits per heavy atom. The van der Waals surface area contributed by atoms with Crippen LogP contribution in [-0.4, -0.2) is 29.3 Å². The second-order valence-corrected chi connectivity index (χ2v) is 13.2. The van der Waals surface area contributed by atoms with Crippen LogP contribution in [0.15, 0.2) is 101 Å². The predicted molar refractivity (Wildman–Crippen MR) is 159 cm³/mol. The number of aryl methyl sites for hydroxylation is 3. The Bertz CT molecular complexity index is 1740. The first-order valence-corrected chi connectivity index (χ1v) is 15.5. The van der Waals surface area contributed by atoms with Crippen molar-refractivity contribution in [2.24, 2.45) is 0 Å². The van der Waals surface area contributed by atoms with Crippen molar-refractivity contribution in [1.82, 2.24) is 0 Å². The van der Waals surface area contributed by atoms with E-state index in [9.17, 15) is 21.6 Å². The molecule has 0 saturated carbocycles. The van der Waals surface area contributed by atoms with Crippen molar-refractivity contribution in [2.45, 2.75) is 30.6 Å². The van der Waals surface area contributed by atoms with Crippen molar-refractivity contribution in [2.75, 3.05) is 20.9 Å². The van der Waals surface area contributed by atoms with Gasteiger partial charge in [-0.05, 0) is 98.1 Å². The van der Waals surface area contributed by atoms with Crippen LogP contribution in [0, 0.1) is 20.8 Å². The fourth-order valence-corrected chi connectivity index (χ4v) is 6.79. The fourth-order valence-electron chi connectivity index (χ4n) is 4.05. The lowest BCUT2D eigenvalue weighted by Gasteiger charge is -2.24. The second kappa shape index (κ2) is 11.7. The van der Waals surface area contributed by atoms with Gasteiger partial charge in [0.15, 0.2) is 0 Å². The van der Waals surface area contributed by atoms with E-state index in [1.807, 2.05) is 45.0 Å². The summed E-state index contributed by atoms with van der Waals surface area (Å²) in [5.74, 6) is -0.608. The maximum atomic E-state index is 13.5. The third-order valence-electron chi connectivity index (χ3n) is 6.14. The first kappa shape index (κ1) is 29.1. The van der Waals surface area contributed by atoms with E-state index in [1.54, 1.807) is 18.2 Å². The standard InChI is InChI=1S/C29H28ClN3O5S2/c1-20-6-4-9-25(18-20)33(40(37,38)27-14-10-23(30)11-15-27)19-28(34)31-24-12-16-26(17-13-24)39(35,36)32-29-21(2)7-5-8-22(29)3/h4-18,32H,19H2,1-3H3,(H,31,34). The quantitative estimate of drug-likeness (QED) is 0.249. The van der Waals surface area contributed by atoms with E-state index in [0.717, 1.165) is 21.0 Å². The SMILES string of the molecule is Cc1cccc(N(CC(=O)Nc2ccc(S(=O)(=O)Nc3c(C)cccc3C)cc2)S(=O)(=O)c2ccc(Cl)cc2)c1. The molecule has 0 radical (unpaired) electrons. The number of para-hydroxylation sites is 1. The summed E-state index contributed by atoms with van der Waals surface area (Å²) >= 11 is 5.93. The molecule has 4 rings (SSSR count). The molecule has 4 aromatic rings. The van der Waals surface area contributed by atoms with Gasteiger partial charge in [-0.2, -0.15) is 0 Å². The average Bonchev–Trinajstić information content (AvgIpc) is 2.90. The number of nitrogens with zero attached hydrogens (tertiary/aromatic N) is 1. The maximum absolute atomic E-state index is 13.5. The molecule has 0 saturated heterocycles. The average molecular weight is 598 g/mol. The highest BCUT2D eigenvalue weighted by Crippen LogP contribution is 2.27. The van der Waals surface area contributed by atoms with E-state index in [1.165, 1.54) is 48.5 Å². The molecule has 40 heavy (non-hydrogen) atoms. The number of sulfonamides is 2. The molecule has 0 aliphatic heterocycles. The lowest BCUT2D eigenvalue weighted by atomic mass is 10.1. The normalized spacial score (nSPS) is 11.6. The van der Waals surface area contributed by atoms with Gasteiger partial charge in [-0.3, -0.25) is 13.8 Å². The van der Waals surface area contributed by atoms with Gasteiger partial charge in [0.1, 0.15) is 6.54 Å². The van der Waals surface area contributed by atoms with Crippen molar-refractivity contribution >= 4 is 54.6 Å². The number of carbonyl (C=O) groups is 1. The summed E-state index contributed by atoms with van der Waals surface area (Å²) in [5.41, 5.74) is 3.55. The van der Waals surface area contributed by atoms with Gasteiger partial charge in [-0.15, -0.1) is 0 Å². The summed E-state index contributed by atoms with van der Waals surface area (Å²) in [6, 6.07) is 23.6. The number of hydrogen-bond acceptors (Lipinski definition) is 5. The molecule has 0 atom stereocenters. The van der Waals surface area contributed by atoms with Crippen LogP contribution in [0.2, 0.25) is 5.02 Å². The number of carbonyl (C=O) groups excluding carboxylic acids is 1. The van der Waals surface area contributed by atoms with Gasteiger partial charge in [-0.25, -0.2) is 16.8 Å². The lowest BCUT2D eigenvalue weighted by Crippen LogP contribution is -2.38. The van der Waals surface area contributed by atoms with Crippen LogP contribution in [0.1, 0.15) is 16.7 Å². The number of amides is 1. The summed E-state index contributed by atoms with van der Waals surface area (Å²) in [6.45, 7) is 4.94. The predicted octanol–water partition coefficient (Wildman–Crippen LogP) is 5.90. The molecule has 0 bridgehead atoms. The van der Waals surface area contributed by atoms with Gasteiger partial charge in [0, 0.05) is 10.7 Å². The molecule has 0 spiro atoms. The third kappa shape index (κ3) is 6.64. The van der Waals surface area contributed by atoms with E-state index in [2.05, 4.69) is 10.0 Å². The minimum Gasteiger partial charge on any atom is -0.325 e. The Morgan fingerprint density at radius 1 is 0.775 bits per heavy atom. The van der Waals surface area contributed by atoms with Crippen LogP contribution in [0.25, 0.3) is 0 Å². The molecule has 8 nitrogen and oxygen atoms in total. The summed E-state index contributed by atoms with van der Waals surface area (Å²) in [5, 5.41) is 3.04. The number of hydrogen-bond donors (Lipinski definition) is 2. The van der Waals surface area contributed by atoms with Crippen molar-refractivity contribution in [3.8, 4) is 0 Å². The van der Waals surface area contributed by atoms with Crippen LogP contribution < -0.4 is 14.3 Å². The third-order valence-corrected chi connectivity index (χ3v) is 9.55. The minimum atomic E-state index is -4.11. The second-order valence-electron chi connectivity index (χ2n) is 9.25. The Kier molecular flexibility index (Phi) is 8.53. The molecule has 11 heteroatoms. The molecule has 0 heterocycles. The van der Waals surface area contributed by atoms with E-state index >= 15 is 0 Å². The Balaban J connectivity index is 1.54. The molecule has 0 fully saturated rings. The van der Waals surface area contributed by atoms with E-state index < -0.39 is 32.5 Å². The molecule has 4 aromatic carbocycles. The number of anilines is 3. The zero-order valence-corrected chi connectivity index (χ0v) is 24.4. The van der Waals surface area contributed by atoms with Gasteiger partial charge in [0.2, 0.25) is 5.91 Å². The monoisotopic (exact) mass is 597 g/mol. The Hall–Kier alpha value is -3.86. The molecule has 208 valence electrons. The number of nitrogens with one attached hydrogen (secondary N) is 2. The molecule has 0 aromatic heterocycles. The zero-order valence-electron chi connectivity index (χ0n) is 22.1. The highest BCUT2D eigenvalue weighted by atomic mass is 35.5. The van der Waals surface area contributed by atoms with E-state index in [4.69, 9.17) is 11.6 Å². The summed E-state index contributed by atoms with van der Waals surface area (Å²) < 4.78 is 56.6. The number of benzene rings is 4. The summed E-state index contributed by atoms with van der Waals surface area (Å²) in [7, 11) is -7.99. The molecular formula is C29H28ClN3O5S2. The van der Waals surface area contributed by atoms with Crippen molar-refractivity contribution in [1.29, 1.82) is 0 Å². The van der Waals surface area contributed by atoms with Crippen LogP contribution in [0.5, 0.6) is 0 Å². The number of halogens is 1. The molecule has 0 aliphatic carbocycles. The summed E-state index contributed by atoms with van der Waals surface area (Å²) in [4.78, 5) is 13.0. The largest absolute Gasteiger partial charge is 0.325 e. The van der Waals surface area contributed by atoms with Gasteiger partial charge >= 0.3 is 0 Å². The molecule has 2 N–H and O–H groups in total. The highest BCUT2D eigenvalue weighted by molar-refractivity contribution is 7.93.